The van der Waals surface area contributed by atoms with Crippen LogP contribution in [0.1, 0.15) is 0 Å². The molecule has 0 spiro atoms. The Balaban J connectivity index is 0.881. The molecular formula is C81H52N6. The number of aromatic nitrogens is 6. The van der Waals surface area contributed by atoms with E-state index in [2.05, 4.69) is 268 Å². The fourth-order valence-corrected chi connectivity index (χ4v) is 13.1. The van der Waals surface area contributed by atoms with E-state index in [0.717, 1.165) is 77.6 Å². The van der Waals surface area contributed by atoms with Crippen LogP contribution < -0.4 is 0 Å². The molecule has 4 aromatic heterocycles. The maximum Gasteiger partial charge on any atom is 0.164 e. The van der Waals surface area contributed by atoms with Gasteiger partial charge in [-0.15, -0.1) is 0 Å². The molecule has 406 valence electrons. The highest BCUT2D eigenvalue weighted by atomic mass is 15.0. The highest BCUT2D eigenvalue weighted by molar-refractivity contribution is 6.15. The topological polar surface area (TPSA) is 53.5 Å². The van der Waals surface area contributed by atoms with E-state index in [1.807, 2.05) is 60.7 Å². The van der Waals surface area contributed by atoms with Crippen LogP contribution in [0.5, 0.6) is 0 Å². The van der Waals surface area contributed by atoms with Gasteiger partial charge in [0.15, 0.2) is 17.5 Å². The molecular weight excluding hydrogens is 1060 g/mol. The fourth-order valence-electron chi connectivity index (χ4n) is 13.1. The number of hydrogen-bond acceptors (Lipinski definition) is 3. The van der Waals surface area contributed by atoms with Crippen LogP contribution in [0.15, 0.2) is 315 Å². The van der Waals surface area contributed by atoms with E-state index in [-0.39, 0.29) is 0 Å². The second-order valence-corrected chi connectivity index (χ2v) is 22.4. The van der Waals surface area contributed by atoms with E-state index < -0.39 is 0 Å². The first-order chi connectivity index (χ1) is 43.1. The molecule has 0 aliphatic rings. The van der Waals surface area contributed by atoms with Crippen molar-refractivity contribution >= 4 is 65.4 Å². The van der Waals surface area contributed by atoms with Crippen LogP contribution >= 0.6 is 0 Å². The van der Waals surface area contributed by atoms with Crippen molar-refractivity contribution in [1.82, 2.24) is 28.7 Å². The van der Waals surface area contributed by atoms with Gasteiger partial charge in [0.25, 0.3) is 0 Å². The highest BCUT2D eigenvalue weighted by Gasteiger charge is 2.22. The van der Waals surface area contributed by atoms with Crippen LogP contribution in [0.25, 0.3) is 161 Å². The van der Waals surface area contributed by atoms with Gasteiger partial charge in [0.1, 0.15) is 0 Å². The van der Waals surface area contributed by atoms with Crippen molar-refractivity contribution in [2.75, 3.05) is 0 Å². The lowest BCUT2D eigenvalue weighted by Crippen LogP contribution is -2.00. The molecule has 0 unspecified atom stereocenters. The molecule has 0 atom stereocenters. The predicted octanol–water partition coefficient (Wildman–Crippen LogP) is 20.8. The van der Waals surface area contributed by atoms with Crippen molar-refractivity contribution in [2.45, 2.75) is 0 Å². The normalized spacial score (nSPS) is 11.7. The monoisotopic (exact) mass is 1110 g/mol. The molecule has 17 rings (SSSR count). The summed E-state index contributed by atoms with van der Waals surface area (Å²) in [5.74, 6) is 1.87. The minimum absolute atomic E-state index is 0.613. The summed E-state index contributed by atoms with van der Waals surface area (Å²) in [6.07, 6.45) is 0. The molecule has 0 bridgehead atoms. The van der Waals surface area contributed by atoms with Crippen molar-refractivity contribution in [1.29, 1.82) is 0 Å². The Morgan fingerprint density at radius 1 is 0.161 bits per heavy atom. The predicted molar refractivity (Wildman–Crippen MR) is 361 cm³/mol. The summed E-state index contributed by atoms with van der Waals surface area (Å²) >= 11 is 0. The van der Waals surface area contributed by atoms with E-state index >= 15 is 0 Å². The summed E-state index contributed by atoms with van der Waals surface area (Å²) in [7, 11) is 0. The Labute approximate surface area is 502 Å². The van der Waals surface area contributed by atoms with Crippen molar-refractivity contribution in [3.05, 3.63) is 315 Å². The summed E-state index contributed by atoms with van der Waals surface area (Å²) in [5, 5.41) is 7.10. The Kier molecular flexibility index (Phi) is 11.8. The molecule has 0 saturated heterocycles. The first-order valence-electron chi connectivity index (χ1n) is 29.6. The first kappa shape index (κ1) is 49.8. The van der Waals surface area contributed by atoms with Gasteiger partial charge in [0.2, 0.25) is 0 Å². The van der Waals surface area contributed by atoms with Gasteiger partial charge in [-0.3, -0.25) is 0 Å². The summed E-state index contributed by atoms with van der Waals surface area (Å²) in [4.78, 5) is 15.2. The van der Waals surface area contributed by atoms with E-state index in [1.54, 1.807) is 0 Å². The highest BCUT2D eigenvalue weighted by Crippen LogP contribution is 2.43. The number of fused-ring (bicyclic) bond motifs is 9. The van der Waals surface area contributed by atoms with Gasteiger partial charge in [-0.1, -0.05) is 206 Å². The third kappa shape index (κ3) is 8.61. The van der Waals surface area contributed by atoms with Gasteiger partial charge in [-0.2, -0.15) is 0 Å². The molecule has 0 aliphatic carbocycles. The van der Waals surface area contributed by atoms with E-state index in [9.17, 15) is 0 Å². The third-order valence-electron chi connectivity index (χ3n) is 17.3. The molecule has 6 nitrogen and oxygen atoms in total. The zero-order valence-corrected chi connectivity index (χ0v) is 47.2. The molecule has 0 aliphatic heterocycles. The minimum Gasteiger partial charge on any atom is -0.309 e. The minimum atomic E-state index is 0.613. The van der Waals surface area contributed by atoms with Crippen LogP contribution in [0.4, 0.5) is 0 Å². The van der Waals surface area contributed by atoms with Crippen LogP contribution in [0.2, 0.25) is 0 Å². The van der Waals surface area contributed by atoms with Gasteiger partial charge >= 0.3 is 0 Å². The maximum atomic E-state index is 5.09. The van der Waals surface area contributed by atoms with Gasteiger partial charge in [0, 0.05) is 66.1 Å². The molecule has 0 fully saturated rings. The fraction of sp³-hybridized carbons (Fsp3) is 0. The lowest BCUT2D eigenvalue weighted by atomic mass is 10.0. The van der Waals surface area contributed by atoms with Crippen LogP contribution in [-0.2, 0) is 0 Å². The molecule has 0 amide bonds. The van der Waals surface area contributed by atoms with Gasteiger partial charge < -0.3 is 13.7 Å². The van der Waals surface area contributed by atoms with Gasteiger partial charge in [-0.25, -0.2) is 15.0 Å². The Hall–Kier alpha value is -11.7. The van der Waals surface area contributed by atoms with Crippen LogP contribution in [0.3, 0.4) is 0 Å². The lowest BCUT2D eigenvalue weighted by molar-refractivity contribution is 1.07. The van der Waals surface area contributed by atoms with E-state index in [4.69, 9.17) is 15.0 Å². The summed E-state index contributed by atoms with van der Waals surface area (Å²) < 4.78 is 7.33. The standard InChI is InChI=1S/C81H52N6/c1-7-19-53(20-8-1)60-33-41-73-67(47-60)68-48-61(54-21-9-2-10-22-54)34-42-74(68)86(73)65-39-45-77-71(51-65)72-52-66(87-75-43-35-62(55-23-11-3-12-24-55)49-69(75)70-50-63(36-44-76(70)87)56-25-13-4-14-26-56)40-46-78(72)85(77)64-37-31-59(32-38-64)81-83-79(57-27-15-5-16-28-57)82-80(84-81)58-29-17-6-18-30-58/h1-52H. The number of nitrogens with zero attached hydrogens (tertiary/aromatic N) is 6. The van der Waals surface area contributed by atoms with Crippen molar-refractivity contribution in [3.8, 4) is 95.7 Å². The molecule has 4 heterocycles. The lowest BCUT2D eigenvalue weighted by Gasteiger charge is -2.12. The Morgan fingerprint density at radius 2 is 0.368 bits per heavy atom. The average molecular weight is 1110 g/mol. The zero-order valence-electron chi connectivity index (χ0n) is 47.2. The molecule has 87 heavy (non-hydrogen) atoms. The van der Waals surface area contributed by atoms with Gasteiger partial charge in [0.05, 0.1) is 33.1 Å². The Bertz CT molecular complexity index is 4950. The first-order valence-corrected chi connectivity index (χ1v) is 29.6. The summed E-state index contributed by atoms with van der Waals surface area (Å²) in [6.45, 7) is 0. The molecule has 6 heteroatoms. The van der Waals surface area contributed by atoms with Gasteiger partial charge in [-0.05, 0) is 154 Å². The smallest absolute Gasteiger partial charge is 0.164 e. The Morgan fingerprint density at radius 3 is 0.655 bits per heavy atom. The zero-order chi connectivity index (χ0) is 57.4. The number of hydrogen-bond donors (Lipinski definition) is 0. The third-order valence-corrected chi connectivity index (χ3v) is 17.3. The average Bonchev–Trinajstić information content (AvgIpc) is 1.74. The van der Waals surface area contributed by atoms with Crippen LogP contribution in [-0.4, -0.2) is 28.7 Å². The van der Waals surface area contributed by atoms with E-state index in [0.29, 0.717) is 17.5 Å². The largest absolute Gasteiger partial charge is 0.309 e. The SMILES string of the molecule is c1ccc(-c2ccc3c(c2)c2cc(-c4ccccc4)ccc2n3-c2ccc3c(c2)c2cc(-n4c5ccc(-c6ccccc6)cc5c5cc(-c6ccccc6)ccc54)ccc2n3-c2ccc(-c3nc(-c4ccccc4)nc(-c4ccccc4)n3)cc2)cc1. The van der Waals surface area contributed by atoms with Crippen molar-refractivity contribution in [3.63, 3.8) is 0 Å². The van der Waals surface area contributed by atoms with Crippen molar-refractivity contribution < 1.29 is 0 Å². The van der Waals surface area contributed by atoms with Crippen LogP contribution in [0, 0.1) is 0 Å². The molecule has 0 saturated carbocycles. The molecule has 17 aromatic rings. The molecule has 0 radical (unpaired) electrons. The molecule has 13 aromatic carbocycles. The second kappa shape index (κ2) is 20.6. The number of rotatable bonds is 10. The second-order valence-electron chi connectivity index (χ2n) is 22.4. The molecule has 0 N–H and O–H groups in total. The number of benzene rings is 13. The maximum absolute atomic E-state index is 5.09. The summed E-state index contributed by atoms with van der Waals surface area (Å²) in [5.41, 5.74) is 22.2. The summed E-state index contributed by atoms with van der Waals surface area (Å²) in [6, 6.07) is 114. The van der Waals surface area contributed by atoms with Crippen molar-refractivity contribution in [2.24, 2.45) is 0 Å². The van der Waals surface area contributed by atoms with E-state index in [1.165, 1.54) is 66.1 Å². The quantitative estimate of drug-likeness (QED) is 0.137.